The van der Waals surface area contributed by atoms with E-state index in [0.717, 1.165) is 11.3 Å². The average Bonchev–Trinajstić information content (AvgIpc) is 2.70. The minimum atomic E-state index is -0.365. The van der Waals surface area contributed by atoms with E-state index in [-0.39, 0.29) is 30.0 Å². The van der Waals surface area contributed by atoms with E-state index < -0.39 is 0 Å². The summed E-state index contributed by atoms with van der Waals surface area (Å²) in [4.78, 5) is 35.6. The van der Waals surface area contributed by atoms with E-state index in [2.05, 4.69) is 25.6 Å². The quantitative estimate of drug-likeness (QED) is 0.458. The lowest BCUT2D eigenvalue weighted by Crippen LogP contribution is -2.36. The molecule has 0 saturated heterocycles. The first kappa shape index (κ1) is 20.0. The molecule has 8 heteroatoms. The maximum atomic E-state index is 12.6. The number of hydrogen-bond acceptors (Lipinski definition) is 5. The van der Waals surface area contributed by atoms with Crippen LogP contribution in [0.1, 0.15) is 21.6 Å². The van der Waals surface area contributed by atoms with Gasteiger partial charge < -0.3 is 10.1 Å². The van der Waals surface area contributed by atoms with Crippen LogP contribution in [0.25, 0.3) is 0 Å². The summed E-state index contributed by atoms with van der Waals surface area (Å²) in [6.45, 7) is 2.10. The lowest BCUT2D eigenvalue weighted by molar-refractivity contribution is 0.0977. The molecule has 8 nitrogen and oxygen atoms in total. The Bertz CT molecular complexity index is 1080. The Morgan fingerprint density at radius 2 is 1.86 bits per heavy atom. The number of benzene rings is 2. The molecule has 0 bridgehead atoms. The van der Waals surface area contributed by atoms with E-state index in [1.165, 1.54) is 13.2 Å². The number of ether oxygens (including phenoxy) is 1. The lowest BCUT2D eigenvalue weighted by atomic mass is 10.2. The van der Waals surface area contributed by atoms with Crippen LogP contribution in [0, 0.1) is 6.92 Å². The van der Waals surface area contributed by atoms with Crippen molar-refractivity contribution in [1.82, 2.24) is 15.3 Å². The number of para-hydroxylation sites is 1. The molecule has 0 aliphatic heterocycles. The van der Waals surface area contributed by atoms with E-state index in [4.69, 9.17) is 4.74 Å². The first-order valence-corrected chi connectivity index (χ1v) is 8.92. The monoisotopic (exact) mass is 391 g/mol. The molecule has 0 spiro atoms. The van der Waals surface area contributed by atoms with Crippen molar-refractivity contribution >= 4 is 23.5 Å². The number of nitrogens with one attached hydrogen (secondary N) is 3. The van der Waals surface area contributed by atoms with Crippen molar-refractivity contribution in [2.75, 3.05) is 12.4 Å². The number of aromatic amines is 1. The number of hydrogen-bond donors (Lipinski definition) is 3. The summed E-state index contributed by atoms with van der Waals surface area (Å²) in [6.07, 6.45) is 0. The molecule has 0 aliphatic carbocycles. The fraction of sp³-hybridized carbons (Fsp3) is 0.143. The van der Waals surface area contributed by atoms with Gasteiger partial charge in [-0.3, -0.25) is 19.9 Å². The zero-order valence-electron chi connectivity index (χ0n) is 16.1. The molecular weight excluding hydrogens is 370 g/mol. The second kappa shape index (κ2) is 9.43. The van der Waals surface area contributed by atoms with Gasteiger partial charge in [-0.25, -0.2) is 4.98 Å². The number of aryl methyl sites for hydroxylation is 1. The molecule has 29 heavy (non-hydrogen) atoms. The molecule has 1 aromatic heterocycles. The Morgan fingerprint density at radius 1 is 1.14 bits per heavy atom. The minimum absolute atomic E-state index is 0.0500. The summed E-state index contributed by atoms with van der Waals surface area (Å²) in [6, 6.07) is 17.7. The number of carbonyl (C=O) groups excluding carboxylic acids is 1. The summed E-state index contributed by atoms with van der Waals surface area (Å²) in [5, 5.41) is 5.83. The SMILES string of the molecule is COCc1cc(=O)[nH]c(/N=C(/NC(=O)c2ccccc2)Nc2ccccc2C)n1. The normalized spacial score (nSPS) is 11.2. The van der Waals surface area contributed by atoms with Crippen molar-refractivity contribution in [3.8, 4) is 0 Å². The van der Waals surface area contributed by atoms with Crippen LogP contribution in [0.5, 0.6) is 0 Å². The van der Waals surface area contributed by atoms with Gasteiger partial charge >= 0.3 is 0 Å². The number of guanidine groups is 1. The minimum Gasteiger partial charge on any atom is -0.378 e. The van der Waals surface area contributed by atoms with Crippen LogP contribution >= 0.6 is 0 Å². The fourth-order valence-corrected chi connectivity index (χ4v) is 2.57. The Labute approximate surface area is 167 Å². The molecule has 1 amide bonds. The van der Waals surface area contributed by atoms with Gasteiger partial charge in [-0.2, -0.15) is 4.99 Å². The molecule has 0 atom stereocenters. The van der Waals surface area contributed by atoms with Gasteiger partial charge in [0, 0.05) is 24.4 Å². The van der Waals surface area contributed by atoms with Crippen LogP contribution in [0.2, 0.25) is 0 Å². The molecule has 0 aliphatic rings. The van der Waals surface area contributed by atoms with Crippen molar-refractivity contribution < 1.29 is 9.53 Å². The third-order valence-electron chi connectivity index (χ3n) is 3.96. The largest absolute Gasteiger partial charge is 0.378 e. The van der Waals surface area contributed by atoms with Crippen LogP contribution in [0.4, 0.5) is 11.6 Å². The summed E-state index contributed by atoms with van der Waals surface area (Å²) >= 11 is 0. The maximum Gasteiger partial charge on any atom is 0.257 e. The summed E-state index contributed by atoms with van der Waals surface area (Å²) in [7, 11) is 1.51. The third-order valence-corrected chi connectivity index (χ3v) is 3.96. The standard InChI is InChI=1S/C21H21N5O3/c1-14-8-6-7-11-17(14)23-21(25-19(28)15-9-4-3-5-10-15)26-20-22-16(13-29-2)12-18(27)24-20/h3-12H,13H2,1-2H3,(H3,22,23,24,25,26,27,28). The van der Waals surface area contributed by atoms with E-state index in [9.17, 15) is 9.59 Å². The number of H-pyrrole nitrogens is 1. The molecule has 2 aromatic carbocycles. The number of methoxy groups -OCH3 is 1. The van der Waals surface area contributed by atoms with Gasteiger partial charge in [-0.1, -0.05) is 36.4 Å². The van der Waals surface area contributed by atoms with Gasteiger partial charge in [0.1, 0.15) is 0 Å². The van der Waals surface area contributed by atoms with Crippen LogP contribution in [0.15, 0.2) is 70.5 Å². The molecular formula is C21H21N5O3. The smallest absolute Gasteiger partial charge is 0.257 e. The summed E-state index contributed by atoms with van der Waals surface area (Å²) < 4.78 is 5.03. The van der Waals surface area contributed by atoms with E-state index >= 15 is 0 Å². The number of nitrogens with zero attached hydrogens (tertiary/aromatic N) is 2. The molecule has 3 N–H and O–H groups in total. The summed E-state index contributed by atoms with van der Waals surface area (Å²) in [5.41, 5.74) is 2.26. The van der Waals surface area contributed by atoms with Gasteiger partial charge in [-0.05, 0) is 30.7 Å². The van der Waals surface area contributed by atoms with Gasteiger partial charge in [0.15, 0.2) is 0 Å². The topological polar surface area (TPSA) is 108 Å². The van der Waals surface area contributed by atoms with Crippen molar-refractivity contribution in [2.24, 2.45) is 4.99 Å². The highest BCUT2D eigenvalue weighted by molar-refractivity contribution is 6.10. The van der Waals surface area contributed by atoms with E-state index in [1.807, 2.05) is 37.3 Å². The molecule has 3 aromatic rings. The number of rotatable bonds is 5. The van der Waals surface area contributed by atoms with E-state index in [0.29, 0.717) is 11.3 Å². The molecule has 0 radical (unpaired) electrons. The zero-order chi connectivity index (χ0) is 20.6. The highest BCUT2D eigenvalue weighted by Crippen LogP contribution is 2.14. The first-order chi connectivity index (χ1) is 14.0. The second-order valence-corrected chi connectivity index (χ2v) is 6.21. The summed E-state index contributed by atoms with van der Waals surface area (Å²) in [5.74, 6) is -0.166. The van der Waals surface area contributed by atoms with E-state index in [1.54, 1.807) is 24.3 Å². The third kappa shape index (κ3) is 5.60. The van der Waals surface area contributed by atoms with Gasteiger partial charge in [-0.15, -0.1) is 0 Å². The lowest BCUT2D eigenvalue weighted by Gasteiger charge is -2.13. The zero-order valence-corrected chi connectivity index (χ0v) is 16.1. The predicted octanol–water partition coefficient (Wildman–Crippen LogP) is 2.75. The number of aliphatic imine (C=N–C) groups is 1. The maximum absolute atomic E-state index is 12.6. The Kier molecular flexibility index (Phi) is 6.49. The molecule has 0 unspecified atom stereocenters. The number of aromatic nitrogens is 2. The van der Waals surface area contributed by atoms with Gasteiger partial charge in [0.05, 0.1) is 12.3 Å². The highest BCUT2D eigenvalue weighted by Gasteiger charge is 2.11. The van der Waals surface area contributed by atoms with Crippen LogP contribution in [-0.2, 0) is 11.3 Å². The Morgan fingerprint density at radius 3 is 2.59 bits per heavy atom. The van der Waals surface area contributed by atoms with Crippen molar-refractivity contribution in [2.45, 2.75) is 13.5 Å². The highest BCUT2D eigenvalue weighted by atomic mass is 16.5. The molecule has 148 valence electrons. The second-order valence-electron chi connectivity index (χ2n) is 6.21. The van der Waals surface area contributed by atoms with Crippen LogP contribution in [0.3, 0.4) is 0 Å². The number of anilines is 1. The Hall–Kier alpha value is -3.78. The predicted molar refractivity (Wildman–Crippen MR) is 111 cm³/mol. The molecule has 0 saturated carbocycles. The van der Waals surface area contributed by atoms with Crippen molar-refractivity contribution in [3.63, 3.8) is 0 Å². The van der Waals surface area contributed by atoms with Gasteiger partial charge in [0.25, 0.3) is 11.5 Å². The van der Waals surface area contributed by atoms with Crippen LogP contribution in [-0.4, -0.2) is 28.9 Å². The average molecular weight is 391 g/mol. The van der Waals surface area contributed by atoms with Crippen molar-refractivity contribution in [3.05, 3.63) is 87.8 Å². The molecule has 0 fully saturated rings. The van der Waals surface area contributed by atoms with Crippen LogP contribution < -0.4 is 16.2 Å². The fourth-order valence-electron chi connectivity index (χ4n) is 2.57. The van der Waals surface area contributed by atoms with Gasteiger partial charge in [0.2, 0.25) is 11.9 Å². The molecule has 3 rings (SSSR count). The number of carbonyl (C=O) groups is 1. The number of amides is 1. The van der Waals surface area contributed by atoms with Crippen molar-refractivity contribution in [1.29, 1.82) is 0 Å². The Balaban J connectivity index is 1.96. The first-order valence-electron chi connectivity index (χ1n) is 8.92. The molecule has 1 heterocycles.